The summed E-state index contributed by atoms with van der Waals surface area (Å²) in [4.78, 5) is 7.19. The van der Waals surface area contributed by atoms with Crippen LogP contribution in [0, 0.1) is 13.8 Å². The number of pyridine rings is 1. The molecule has 1 aliphatic rings. The van der Waals surface area contributed by atoms with E-state index in [4.69, 9.17) is 4.98 Å². The Morgan fingerprint density at radius 1 is 1.33 bits per heavy atom. The third-order valence-corrected chi connectivity index (χ3v) is 4.01. The van der Waals surface area contributed by atoms with Crippen molar-refractivity contribution < 1.29 is 0 Å². The number of hydrogen-bond donors (Lipinski definition) is 1. The normalized spacial score (nSPS) is 16.2. The molecule has 0 aromatic carbocycles. The van der Waals surface area contributed by atoms with Gasteiger partial charge in [-0.3, -0.25) is 0 Å². The summed E-state index contributed by atoms with van der Waals surface area (Å²) in [5.74, 6) is 1.17. The number of nitrogens with one attached hydrogen (secondary N) is 1. The van der Waals surface area contributed by atoms with Gasteiger partial charge in [0, 0.05) is 30.9 Å². The van der Waals surface area contributed by atoms with Crippen LogP contribution in [0.15, 0.2) is 6.07 Å². The molecule has 3 heteroatoms. The standard InChI is InChI=1S/C15H25N3/c1-11-9-12(2)17-15(14(11)10-16-3)18(4)13-7-5-6-8-13/h9,13,16H,5-8,10H2,1-4H3. The molecule has 0 atom stereocenters. The van der Waals surface area contributed by atoms with Crippen LogP contribution in [0.2, 0.25) is 0 Å². The lowest BCUT2D eigenvalue weighted by atomic mass is 10.1. The van der Waals surface area contributed by atoms with Crippen LogP contribution < -0.4 is 10.2 Å². The SMILES string of the molecule is CNCc1c(C)cc(C)nc1N(C)C1CCCC1. The molecule has 1 aromatic heterocycles. The van der Waals surface area contributed by atoms with Crippen molar-refractivity contribution in [3.63, 3.8) is 0 Å². The summed E-state index contributed by atoms with van der Waals surface area (Å²) >= 11 is 0. The molecule has 1 saturated carbocycles. The molecule has 0 saturated heterocycles. The van der Waals surface area contributed by atoms with Gasteiger partial charge in [0.1, 0.15) is 5.82 Å². The van der Waals surface area contributed by atoms with Crippen LogP contribution in [-0.2, 0) is 6.54 Å². The number of rotatable bonds is 4. The minimum atomic E-state index is 0.675. The maximum Gasteiger partial charge on any atom is 0.133 e. The van der Waals surface area contributed by atoms with Crippen molar-refractivity contribution in [2.75, 3.05) is 19.0 Å². The first-order valence-corrected chi connectivity index (χ1v) is 6.98. The summed E-state index contributed by atoms with van der Waals surface area (Å²) < 4.78 is 0. The van der Waals surface area contributed by atoms with Crippen LogP contribution in [0.25, 0.3) is 0 Å². The molecule has 100 valence electrons. The first-order valence-electron chi connectivity index (χ1n) is 6.98. The van der Waals surface area contributed by atoms with Gasteiger partial charge in [-0.05, 0) is 45.4 Å². The van der Waals surface area contributed by atoms with Crippen molar-refractivity contribution in [3.8, 4) is 0 Å². The van der Waals surface area contributed by atoms with Gasteiger partial charge >= 0.3 is 0 Å². The van der Waals surface area contributed by atoms with Crippen molar-refractivity contribution in [2.24, 2.45) is 0 Å². The molecule has 0 aliphatic heterocycles. The summed E-state index contributed by atoms with van der Waals surface area (Å²) in [6.45, 7) is 5.17. The Morgan fingerprint density at radius 2 is 2.00 bits per heavy atom. The highest BCUT2D eigenvalue weighted by molar-refractivity contribution is 5.52. The molecule has 2 rings (SSSR count). The molecule has 1 N–H and O–H groups in total. The van der Waals surface area contributed by atoms with Crippen LogP contribution in [-0.4, -0.2) is 25.1 Å². The number of aromatic nitrogens is 1. The molecular formula is C15H25N3. The zero-order valence-corrected chi connectivity index (χ0v) is 12.1. The van der Waals surface area contributed by atoms with Gasteiger partial charge in [0.05, 0.1) is 0 Å². The predicted molar refractivity (Wildman–Crippen MR) is 77.1 cm³/mol. The second kappa shape index (κ2) is 5.70. The average molecular weight is 247 g/mol. The minimum Gasteiger partial charge on any atom is -0.356 e. The summed E-state index contributed by atoms with van der Waals surface area (Å²) in [5.41, 5.74) is 3.81. The van der Waals surface area contributed by atoms with Crippen LogP contribution in [0.4, 0.5) is 5.82 Å². The third-order valence-electron chi connectivity index (χ3n) is 4.01. The minimum absolute atomic E-state index is 0.675. The van der Waals surface area contributed by atoms with E-state index < -0.39 is 0 Å². The lowest BCUT2D eigenvalue weighted by molar-refractivity contribution is 0.639. The van der Waals surface area contributed by atoms with E-state index in [2.05, 4.69) is 37.2 Å². The molecule has 1 aromatic rings. The van der Waals surface area contributed by atoms with Gasteiger partial charge in [-0.25, -0.2) is 4.98 Å². The lowest BCUT2D eigenvalue weighted by Gasteiger charge is -2.28. The van der Waals surface area contributed by atoms with Gasteiger partial charge in [-0.1, -0.05) is 12.8 Å². The smallest absolute Gasteiger partial charge is 0.133 e. The molecule has 1 heterocycles. The van der Waals surface area contributed by atoms with E-state index in [1.54, 1.807) is 0 Å². The Labute approximate surface area is 111 Å². The fourth-order valence-corrected chi connectivity index (χ4v) is 3.00. The van der Waals surface area contributed by atoms with Crippen molar-refractivity contribution in [1.82, 2.24) is 10.3 Å². The van der Waals surface area contributed by atoms with E-state index in [9.17, 15) is 0 Å². The van der Waals surface area contributed by atoms with Gasteiger partial charge in [-0.2, -0.15) is 0 Å². The number of nitrogens with zero attached hydrogens (tertiary/aromatic N) is 2. The van der Waals surface area contributed by atoms with E-state index >= 15 is 0 Å². The molecule has 1 aliphatic carbocycles. The zero-order chi connectivity index (χ0) is 13.1. The van der Waals surface area contributed by atoms with E-state index in [1.807, 2.05) is 7.05 Å². The van der Waals surface area contributed by atoms with Gasteiger partial charge in [-0.15, -0.1) is 0 Å². The van der Waals surface area contributed by atoms with E-state index in [-0.39, 0.29) is 0 Å². The Morgan fingerprint density at radius 3 is 2.61 bits per heavy atom. The highest BCUT2D eigenvalue weighted by Crippen LogP contribution is 2.29. The quantitative estimate of drug-likeness (QED) is 0.887. The monoisotopic (exact) mass is 247 g/mol. The number of hydrogen-bond acceptors (Lipinski definition) is 3. The fourth-order valence-electron chi connectivity index (χ4n) is 3.00. The fraction of sp³-hybridized carbons (Fsp3) is 0.667. The zero-order valence-electron chi connectivity index (χ0n) is 12.1. The number of anilines is 1. The maximum atomic E-state index is 4.78. The van der Waals surface area contributed by atoms with Crippen LogP contribution in [0.5, 0.6) is 0 Å². The van der Waals surface area contributed by atoms with Gasteiger partial charge in [0.2, 0.25) is 0 Å². The molecule has 0 spiro atoms. The molecule has 3 nitrogen and oxygen atoms in total. The molecule has 0 unspecified atom stereocenters. The van der Waals surface area contributed by atoms with Gasteiger partial charge in [0.25, 0.3) is 0 Å². The largest absolute Gasteiger partial charge is 0.356 e. The highest BCUT2D eigenvalue weighted by atomic mass is 15.2. The van der Waals surface area contributed by atoms with E-state index in [0.29, 0.717) is 6.04 Å². The van der Waals surface area contributed by atoms with E-state index in [1.165, 1.54) is 42.6 Å². The molecular weight excluding hydrogens is 222 g/mol. The second-order valence-corrected chi connectivity index (χ2v) is 5.46. The van der Waals surface area contributed by atoms with Crippen molar-refractivity contribution in [1.29, 1.82) is 0 Å². The number of aryl methyl sites for hydroxylation is 2. The first kappa shape index (κ1) is 13.3. The van der Waals surface area contributed by atoms with Gasteiger partial charge in [0.15, 0.2) is 0 Å². The Bertz CT molecular complexity index is 408. The summed E-state index contributed by atoms with van der Waals surface area (Å²) in [6, 6.07) is 2.85. The lowest BCUT2D eigenvalue weighted by Crippen LogP contribution is -2.31. The van der Waals surface area contributed by atoms with Crippen LogP contribution in [0.1, 0.15) is 42.5 Å². The molecule has 0 bridgehead atoms. The van der Waals surface area contributed by atoms with Crippen molar-refractivity contribution in [2.45, 2.75) is 52.1 Å². The van der Waals surface area contributed by atoms with Crippen molar-refractivity contribution >= 4 is 5.82 Å². The third kappa shape index (κ3) is 2.66. The van der Waals surface area contributed by atoms with Crippen LogP contribution >= 0.6 is 0 Å². The van der Waals surface area contributed by atoms with Crippen molar-refractivity contribution in [3.05, 3.63) is 22.9 Å². The summed E-state index contributed by atoms with van der Waals surface area (Å²) in [6.07, 6.45) is 5.34. The van der Waals surface area contributed by atoms with E-state index in [0.717, 1.165) is 12.2 Å². The molecule has 1 fully saturated rings. The highest BCUT2D eigenvalue weighted by Gasteiger charge is 2.23. The van der Waals surface area contributed by atoms with Gasteiger partial charge < -0.3 is 10.2 Å². The predicted octanol–water partition coefficient (Wildman–Crippen LogP) is 2.80. The summed E-state index contributed by atoms with van der Waals surface area (Å²) in [7, 11) is 4.20. The summed E-state index contributed by atoms with van der Waals surface area (Å²) in [5, 5.41) is 3.26. The average Bonchev–Trinajstić information content (AvgIpc) is 2.85. The maximum absolute atomic E-state index is 4.78. The molecule has 0 radical (unpaired) electrons. The Hall–Kier alpha value is -1.09. The molecule has 0 amide bonds. The second-order valence-electron chi connectivity index (χ2n) is 5.46. The first-order chi connectivity index (χ1) is 8.63. The van der Waals surface area contributed by atoms with Crippen LogP contribution in [0.3, 0.4) is 0 Å². The molecule has 18 heavy (non-hydrogen) atoms. The topological polar surface area (TPSA) is 28.2 Å². The Balaban J connectivity index is 2.34. The Kier molecular flexibility index (Phi) is 4.23.